The Kier molecular flexibility index (Phi) is 6.75. The van der Waals surface area contributed by atoms with Crippen LogP contribution in [0.2, 0.25) is 0 Å². The standard InChI is InChI=1S/C15H19N5O4S/c1-4-5-9-6-11(21)19-15(16-9)25-8-12(22)17-10-7-13(23-2)20-14(18-10)24-3/h6-7H,4-5,8H2,1-3H3,(H,16,19,21)(H,17,18,20,22). The van der Waals surface area contributed by atoms with Crippen LogP contribution in [0.25, 0.3) is 0 Å². The quantitative estimate of drug-likeness (QED) is 0.530. The Morgan fingerprint density at radius 1 is 1.24 bits per heavy atom. The lowest BCUT2D eigenvalue weighted by Crippen LogP contribution is -2.17. The summed E-state index contributed by atoms with van der Waals surface area (Å²) in [7, 11) is 2.87. The number of methoxy groups -OCH3 is 2. The molecule has 9 nitrogen and oxygen atoms in total. The number of anilines is 1. The molecule has 0 atom stereocenters. The Morgan fingerprint density at radius 2 is 2.04 bits per heavy atom. The van der Waals surface area contributed by atoms with Gasteiger partial charge in [0.25, 0.3) is 5.56 Å². The predicted molar refractivity (Wildman–Crippen MR) is 93.3 cm³/mol. The van der Waals surface area contributed by atoms with Crippen LogP contribution >= 0.6 is 11.8 Å². The van der Waals surface area contributed by atoms with Crippen LogP contribution in [0.4, 0.5) is 5.82 Å². The SMILES string of the molecule is CCCc1cc(=O)[nH]c(SCC(=O)Nc2cc(OC)nc(OC)n2)n1. The maximum atomic E-state index is 12.1. The van der Waals surface area contributed by atoms with Crippen molar-refractivity contribution in [2.24, 2.45) is 0 Å². The molecule has 0 bridgehead atoms. The third-order valence-electron chi connectivity index (χ3n) is 2.96. The van der Waals surface area contributed by atoms with E-state index in [1.54, 1.807) is 0 Å². The third-order valence-corrected chi connectivity index (χ3v) is 3.83. The Hall–Kier alpha value is -2.62. The number of amides is 1. The first-order chi connectivity index (χ1) is 12.0. The first-order valence-corrected chi connectivity index (χ1v) is 8.52. The number of aromatic amines is 1. The summed E-state index contributed by atoms with van der Waals surface area (Å²) < 4.78 is 9.97. The van der Waals surface area contributed by atoms with Gasteiger partial charge in [-0.2, -0.15) is 9.97 Å². The van der Waals surface area contributed by atoms with E-state index in [2.05, 4.69) is 25.3 Å². The van der Waals surface area contributed by atoms with Crippen molar-refractivity contribution in [2.75, 3.05) is 25.3 Å². The number of hydrogen-bond acceptors (Lipinski definition) is 8. The predicted octanol–water partition coefficient (Wildman–Crippen LogP) is 1.26. The largest absolute Gasteiger partial charge is 0.481 e. The first-order valence-electron chi connectivity index (χ1n) is 7.54. The summed E-state index contributed by atoms with van der Waals surface area (Å²) in [6, 6.07) is 3.03. The van der Waals surface area contributed by atoms with E-state index in [0.29, 0.717) is 17.3 Å². The zero-order chi connectivity index (χ0) is 18.2. The maximum absolute atomic E-state index is 12.1. The van der Waals surface area contributed by atoms with E-state index in [-0.39, 0.29) is 34.9 Å². The molecule has 2 heterocycles. The van der Waals surface area contributed by atoms with Crippen molar-refractivity contribution in [3.8, 4) is 11.9 Å². The van der Waals surface area contributed by atoms with E-state index in [4.69, 9.17) is 9.47 Å². The average molecular weight is 365 g/mol. The van der Waals surface area contributed by atoms with Gasteiger partial charge in [-0.3, -0.25) is 9.59 Å². The monoisotopic (exact) mass is 365 g/mol. The van der Waals surface area contributed by atoms with Gasteiger partial charge in [-0.1, -0.05) is 25.1 Å². The Bertz CT molecular complexity index is 773. The van der Waals surface area contributed by atoms with E-state index in [1.807, 2.05) is 6.92 Å². The van der Waals surface area contributed by atoms with Gasteiger partial charge in [-0.25, -0.2) is 4.98 Å². The number of thioether (sulfide) groups is 1. The zero-order valence-corrected chi connectivity index (χ0v) is 15.0. The molecule has 2 rings (SSSR count). The van der Waals surface area contributed by atoms with E-state index >= 15 is 0 Å². The number of aromatic nitrogens is 4. The van der Waals surface area contributed by atoms with Crippen LogP contribution in [0.15, 0.2) is 22.1 Å². The molecule has 2 aromatic heterocycles. The number of carbonyl (C=O) groups is 1. The molecule has 0 spiro atoms. The average Bonchev–Trinajstić information content (AvgIpc) is 2.59. The van der Waals surface area contributed by atoms with Crippen molar-refractivity contribution in [1.29, 1.82) is 0 Å². The van der Waals surface area contributed by atoms with Crippen molar-refractivity contribution in [2.45, 2.75) is 24.9 Å². The molecule has 0 fully saturated rings. The minimum Gasteiger partial charge on any atom is -0.481 e. The highest BCUT2D eigenvalue weighted by atomic mass is 32.2. The van der Waals surface area contributed by atoms with Gasteiger partial charge >= 0.3 is 6.01 Å². The number of carbonyl (C=O) groups excluding carboxylic acids is 1. The van der Waals surface area contributed by atoms with E-state index in [9.17, 15) is 9.59 Å². The van der Waals surface area contributed by atoms with Gasteiger partial charge in [0.05, 0.1) is 20.0 Å². The summed E-state index contributed by atoms with van der Waals surface area (Å²) in [5.41, 5.74) is 0.478. The second kappa shape index (κ2) is 9.02. The van der Waals surface area contributed by atoms with Crippen molar-refractivity contribution in [3.63, 3.8) is 0 Å². The molecule has 0 aliphatic heterocycles. The highest BCUT2D eigenvalue weighted by molar-refractivity contribution is 7.99. The minimum atomic E-state index is -0.309. The van der Waals surface area contributed by atoms with Crippen LogP contribution in [-0.4, -0.2) is 45.8 Å². The van der Waals surface area contributed by atoms with Crippen LogP contribution < -0.4 is 20.3 Å². The summed E-state index contributed by atoms with van der Waals surface area (Å²) in [5.74, 6) is 0.285. The van der Waals surface area contributed by atoms with Crippen LogP contribution in [0.5, 0.6) is 11.9 Å². The fourth-order valence-electron chi connectivity index (χ4n) is 1.91. The molecule has 2 N–H and O–H groups in total. The number of hydrogen-bond donors (Lipinski definition) is 2. The third kappa shape index (κ3) is 5.75. The van der Waals surface area contributed by atoms with Gasteiger partial charge < -0.3 is 19.8 Å². The normalized spacial score (nSPS) is 10.4. The molecule has 2 aromatic rings. The lowest BCUT2D eigenvalue weighted by atomic mass is 10.2. The molecule has 0 radical (unpaired) electrons. The molecule has 1 amide bonds. The van der Waals surface area contributed by atoms with Gasteiger partial charge in [-0.15, -0.1) is 0 Å². The smallest absolute Gasteiger partial charge is 0.321 e. The lowest BCUT2D eigenvalue weighted by molar-refractivity contribution is -0.113. The number of aryl methyl sites for hydroxylation is 1. The molecule has 0 saturated heterocycles. The van der Waals surface area contributed by atoms with Crippen LogP contribution in [-0.2, 0) is 11.2 Å². The van der Waals surface area contributed by atoms with Crippen molar-refractivity contribution in [3.05, 3.63) is 28.2 Å². The van der Waals surface area contributed by atoms with Crippen molar-refractivity contribution >= 4 is 23.5 Å². The van der Waals surface area contributed by atoms with Crippen molar-refractivity contribution in [1.82, 2.24) is 19.9 Å². The number of ether oxygens (including phenoxy) is 2. The fraction of sp³-hybridized carbons (Fsp3) is 0.400. The fourth-order valence-corrected chi connectivity index (χ4v) is 2.61. The zero-order valence-electron chi connectivity index (χ0n) is 14.2. The van der Waals surface area contributed by atoms with Gasteiger partial charge in [0.2, 0.25) is 11.8 Å². The second-order valence-electron chi connectivity index (χ2n) is 4.91. The van der Waals surface area contributed by atoms with Crippen molar-refractivity contribution < 1.29 is 14.3 Å². The molecule has 10 heteroatoms. The van der Waals surface area contributed by atoms with E-state index in [1.165, 1.54) is 26.4 Å². The molecule has 134 valence electrons. The van der Waals surface area contributed by atoms with E-state index < -0.39 is 0 Å². The number of nitrogens with zero attached hydrogens (tertiary/aromatic N) is 3. The Morgan fingerprint density at radius 3 is 2.72 bits per heavy atom. The van der Waals surface area contributed by atoms with E-state index in [0.717, 1.165) is 18.2 Å². The number of rotatable bonds is 8. The minimum absolute atomic E-state index is 0.0627. The molecule has 0 saturated carbocycles. The molecular weight excluding hydrogens is 346 g/mol. The second-order valence-corrected chi connectivity index (χ2v) is 5.88. The highest BCUT2D eigenvalue weighted by Crippen LogP contribution is 2.18. The molecular formula is C15H19N5O4S. The van der Waals surface area contributed by atoms with Crippen LogP contribution in [0, 0.1) is 0 Å². The summed E-state index contributed by atoms with van der Waals surface area (Å²) in [4.78, 5) is 38.6. The van der Waals surface area contributed by atoms with Gasteiger partial charge in [0, 0.05) is 17.8 Å². The Balaban J connectivity index is 2.00. The lowest BCUT2D eigenvalue weighted by Gasteiger charge is -2.07. The molecule has 25 heavy (non-hydrogen) atoms. The molecule has 0 aromatic carbocycles. The first kappa shape index (κ1) is 18.7. The summed E-state index contributed by atoms with van der Waals surface area (Å²) in [6.45, 7) is 2.01. The maximum Gasteiger partial charge on any atom is 0.321 e. The van der Waals surface area contributed by atoms with Gasteiger partial charge in [-0.05, 0) is 6.42 Å². The Labute approximate surface area is 148 Å². The topological polar surface area (TPSA) is 119 Å². The summed E-state index contributed by atoms with van der Waals surface area (Å²) in [6.07, 6.45) is 1.60. The van der Waals surface area contributed by atoms with Gasteiger partial charge in [0.1, 0.15) is 5.82 Å². The molecule has 0 unspecified atom stereocenters. The van der Waals surface area contributed by atoms with Crippen LogP contribution in [0.3, 0.4) is 0 Å². The number of nitrogens with one attached hydrogen (secondary N) is 2. The van der Waals surface area contributed by atoms with Gasteiger partial charge in [0.15, 0.2) is 5.16 Å². The highest BCUT2D eigenvalue weighted by Gasteiger charge is 2.10. The molecule has 0 aliphatic carbocycles. The summed E-state index contributed by atoms with van der Waals surface area (Å²) in [5, 5.41) is 3.03. The molecule has 0 aliphatic rings. The summed E-state index contributed by atoms with van der Waals surface area (Å²) >= 11 is 1.14. The van der Waals surface area contributed by atoms with Crippen LogP contribution in [0.1, 0.15) is 19.0 Å². The number of H-pyrrole nitrogens is 1.